The van der Waals surface area contributed by atoms with E-state index in [1.54, 1.807) is 14.2 Å². The normalized spacial score (nSPS) is 15.1. The molecule has 156 valence electrons. The minimum absolute atomic E-state index is 0.0390. The van der Waals surface area contributed by atoms with Crippen LogP contribution in [-0.4, -0.2) is 62.7 Å². The van der Waals surface area contributed by atoms with E-state index in [0.717, 1.165) is 61.9 Å². The zero-order valence-corrected chi connectivity index (χ0v) is 17.6. The predicted octanol–water partition coefficient (Wildman–Crippen LogP) is 3.02. The minimum Gasteiger partial charge on any atom is -0.497 e. The summed E-state index contributed by atoms with van der Waals surface area (Å²) in [5.41, 5.74) is 3.25. The molecule has 0 aliphatic carbocycles. The Bertz CT molecular complexity index is 800. The lowest BCUT2D eigenvalue weighted by Gasteiger charge is -2.34. The van der Waals surface area contributed by atoms with E-state index in [1.807, 2.05) is 30.3 Å². The summed E-state index contributed by atoms with van der Waals surface area (Å²) in [5.74, 6) is 1.75. The molecule has 1 N–H and O–H groups in total. The predicted molar refractivity (Wildman–Crippen MR) is 116 cm³/mol. The number of benzene rings is 2. The van der Waals surface area contributed by atoms with Crippen LogP contribution in [0, 0.1) is 0 Å². The molecule has 1 heterocycles. The number of hydrogen-bond acceptors (Lipinski definition) is 5. The average molecular weight is 398 g/mol. The Labute approximate surface area is 173 Å². The number of ether oxygens (including phenoxy) is 2. The maximum absolute atomic E-state index is 12.4. The fourth-order valence-corrected chi connectivity index (χ4v) is 3.58. The zero-order valence-electron chi connectivity index (χ0n) is 17.6. The molecule has 1 amide bonds. The highest BCUT2D eigenvalue weighted by Gasteiger charge is 2.20. The molecule has 2 aromatic carbocycles. The summed E-state index contributed by atoms with van der Waals surface area (Å²) in [5, 5.41) is 2.99. The lowest BCUT2D eigenvalue weighted by molar-refractivity contribution is -0.117. The number of amides is 1. The Balaban J connectivity index is 1.47. The SMILES string of the molecule is CCc1ccc(NC(=O)CN2CCN(Cc3cc(OC)ccc3OC)CC2)cc1. The van der Waals surface area contributed by atoms with Crippen molar-refractivity contribution in [2.45, 2.75) is 19.9 Å². The number of nitrogens with zero attached hydrogens (tertiary/aromatic N) is 2. The number of rotatable bonds is 8. The van der Waals surface area contributed by atoms with Gasteiger partial charge in [0.15, 0.2) is 0 Å². The number of nitrogens with one attached hydrogen (secondary N) is 1. The summed E-state index contributed by atoms with van der Waals surface area (Å²) in [4.78, 5) is 17.0. The summed E-state index contributed by atoms with van der Waals surface area (Å²) in [6.45, 7) is 6.92. The fourth-order valence-electron chi connectivity index (χ4n) is 3.58. The number of carbonyl (C=O) groups is 1. The second-order valence-corrected chi connectivity index (χ2v) is 7.33. The van der Waals surface area contributed by atoms with Crippen molar-refractivity contribution in [3.8, 4) is 11.5 Å². The molecule has 0 atom stereocenters. The molecular weight excluding hydrogens is 366 g/mol. The van der Waals surface area contributed by atoms with Crippen LogP contribution in [0.1, 0.15) is 18.1 Å². The number of hydrogen-bond donors (Lipinski definition) is 1. The molecule has 1 aliphatic heterocycles. The second kappa shape index (κ2) is 10.3. The van der Waals surface area contributed by atoms with Gasteiger partial charge in [0.05, 0.1) is 20.8 Å². The van der Waals surface area contributed by atoms with Crippen LogP contribution in [-0.2, 0) is 17.8 Å². The van der Waals surface area contributed by atoms with Crippen LogP contribution in [0.2, 0.25) is 0 Å². The Morgan fingerprint density at radius 3 is 2.28 bits per heavy atom. The maximum atomic E-state index is 12.4. The monoisotopic (exact) mass is 397 g/mol. The van der Waals surface area contributed by atoms with Crippen molar-refractivity contribution < 1.29 is 14.3 Å². The molecule has 3 rings (SSSR count). The van der Waals surface area contributed by atoms with E-state index in [4.69, 9.17) is 9.47 Å². The van der Waals surface area contributed by atoms with E-state index in [1.165, 1.54) is 5.56 Å². The Hall–Kier alpha value is -2.57. The Morgan fingerprint density at radius 2 is 1.66 bits per heavy atom. The molecule has 0 spiro atoms. The van der Waals surface area contributed by atoms with Gasteiger partial charge in [-0.3, -0.25) is 14.6 Å². The first kappa shape index (κ1) is 21.1. The number of aryl methyl sites for hydroxylation is 1. The van der Waals surface area contributed by atoms with Crippen molar-refractivity contribution in [3.05, 3.63) is 53.6 Å². The molecule has 29 heavy (non-hydrogen) atoms. The van der Waals surface area contributed by atoms with Crippen LogP contribution in [0.3, 0.4) is 0 Å². The highest BCUT2D eigenvalue weighted by atomic mass is 16.5. The molecule has 0 bridgehead atoms. The van der Waals surface area contributed by atoms with Gasteiger partial charge in [-0.25, -0.2) is 0 Å². The summed E-state index contributed by atoms with van der Waals surface area (Å²) >= 11 is 0. The van der Waals surface area contributed by atoms with Gasteiger partial charge in [0.25, 0.3) is 0 Å². The fraction of sp³-hybridized carbons (Fsp3) is 0.435. The number of piperazine rings is 1. The van der Waals surface area contributed by atoms with Gasteiger partial charge in [0.1, 0.15) is 11.5 Å². The first-order chi connectivity index (χ1) is 14.1. The molecule has 1 aliphatic rings. The van der Waals surface area contributed by atoms with Crippen LogP contribution in [0.25, 0.3) is 0 Å². The highest BCUT2D eigenvalue weighted by Crippen LogP contribution is 2.25. The van der Waals surface area contributed by atoms with Crippen LogP contribution in [0.4, 0.5) is 5.69 Å². The molecule has 2 aromatic rings. The molecular formula is C23H31N3O3. The quantitative estimate of drug-likeness (QED) is 0.742. The third kappa shape index (κ3) is 5.95. The smallest absolute Gasteiger partial charge is 0.238 e. The van der Waals surface area contributed by atoms with Crippen molar-refractivity contribution in [1.29, 1.82) is 0 Å². The summed E-state index contributed by atoms with van der Waals surface area (Å²) < 4.78 is 10.8. The third-order valence-corrected chi connectivity index (χ3v) is 5.36. The number of carbonyl (C=O) groups excluding carboxylic acids is 1. The van der Waals surface area contributed by atoms with Crippen LogP contribution >= 0.6 is 0 Å². The van der Waals surface area contributed by atoms with Gasteiger partial charge in [0.2, 0.25) is 5.91 Å². The van der Waals surface area contributed by atoms with E-state index in [-0.39, 0.29) is 5.91 Å². The number of methoxy groups -OCH3 is 2. The summed E-state index contributed by atoms with van der Waals surface area (Å²) in [7, 11) is 3.37. The Morgan fingerprint density at radius 1 is 0.966 bits per heavy atom. The van der Waals surface area contributed by atoms with Crippen molar-refractivity contribution in [1.82, 2.24) is 9.80 Å². The average Bonchev–Trinajstić information content (AvgIpc) is 2.75. The van der Waals surface area contributed by atoms with E-state index in [2.05, 4.69) is 34.2 Å². The van der Waals surface area contributed by atoms with Gasteiger partial charge in [0, 0.05) is 44.0 Å². The van der Waals surface area contributed by atoms with Crippen molar-refractivity contribution in [2.24, 2.45) is 0 Å². The first-order valence-corrected chi connectivity index (χ1v) is 10.2. The van der Waals surface area contributed by atoms with Crippen molar-refractivity contribution in [3.63, 3.8) is 0 Å². The maximum Gasteiger partial charge on any atom is 0.238 e. The molecule has 0 saturated carbocycles. The van der Waals surface area contributed by atoms with Crippen LogP contribution < -0.4 is 14.8 Å². The van der Waals surface area contributed by atoms with E-state index >= 15 is 0 Å². The van der Waals surface area contributed by atoms with Gasteiger partial charge in [-0.1, -0.05) is 19.1 Å². The molecule has 6 nitrogen and oxygen atoms in total. The molecule has 0 aromatic heterocycles. The van der Waals surface area contributed by atoms with E-state index < -0.39 is 0 Å². The third-order valence-electron chi connectivity index (χ3n) is 5.36. The van der Waals surface area contributed by atoms with Crippen molar-refractivity contribution in [2.75, 3.05) is 52.3 Å². The summed E-state index contributed by atoms with van der Waals surface area (Å²) in [6.07, 6.45) is 1.00. The zero-order chi connectivity index (χ0) is 20.6. The first-order valence-electron chi connectivity index (χ1n) is 10.2. The van der Waals surface area contributed by atoms with Gasteiger partial charge >= 0.3 is 0 Å². The van der Waals surface area contributed by atoms with Crippen LogP contribution in [0.15, 0.2) is 42.5 Å². The molecule has 0 unspecified atom stereocenters. The topological polar surface area (TPSA) is 54.0 Å². The molecule has 1 fully saturated rings. The lowest BCUT2D eigenvalue weighted by Crippen LogP contribution is -2.48. The molecule has 6 heteroatoms. The standard InChI is InChI=1S/C23H31N3O3/c1-4-18-5-7-20(8-6-18)24-23(27)17-26-13-11-25(12-14-26)16-19-15-21(28-2)9-10-22(19)29-3/h5-10,15H,4,11-14,16-17H2,1-3H3,(H,24,27). The highest BCUT2D eigenvalue weighted by molar-refractivity contribution is 5.92. The second-order valence-electron chi connectivity index (χ2n) is 7.33. The van der Waals surface area contributed by atoms with E-state index in [0.29, 0.717) is 6.54 Å². The lowest BCUT2D eigenvalue weighted by atomic mass is 10.1. The van der Waals surface area contributed by atoms with E-state index in [9.17, 15) is 4.79 Å². The van der Waals surface area contributed by atoms with Gasteiger partial charge < -0.3 is 14.8 Å². The van der Waals surface area contributed by atoms with Gasteiger partial charge in [-0.05, 0) is 42.3 Å². The largest absolute Gasteiger partial charge is 0.497 e. The van der Waals surface area contributed by atoms with Gasteiger partial charge in [-0.2, -0.15) is 0 Å². The summed E-state index contributed by atoms with van der Waals surface area (Å²) in [6, 6.07) is 13.9. The van der Waals surface area contributed by atoms with Gasteiger partial charge in [-0.15, -0.1) is 0 Å². The van der Waals surface area contributed by atoms with Crippen molar-refractivity contribution >= 4 is 11.6 Å². The molecule has 0 radical (unpaired) electrons. The van der Waals surface area contributed by atoms with Crippen LogP contribution in [0.5, 0.6) is 11.5 Å². The number of anilines is 1. The Kier molecular flexibility index (Phi) is 7.49. The minimum atomic E-state index is 0.0390. The molecule has 1 saturated heterocycles.